The molecule has 0 saturated carbocycles. The van der Waals surface area contributed by atoms with Gasteiger partial charge in [0.05, 0.1) is 17.9 Å². The van der Waals surface area contributed by atoms with E-state index in [1.54, 1.807) is 6.26 Å². The highest BCUT2D eigenvalue weighted by molar-refractivity contribution is 5.57. The summed E-state index contributed by atoms with van der Waals surface area (Å²) in [5.41, 5.74) is 1.04. The minimum absolute atomic E-state index is 0.266. The van der Waals surface area contributed by atoms with Gasteiger partial charge in [-0.1, -0.05) is 0 Å². The molecule has 0 fully saturated rings. The molecule has 0 aliphatic carbocycles. The average Bonchev–Trinajstić information content (AvgIpc) is 2.84. The molecule has 0 saturated heterocycles. The molecule has 3 heterocycles. The maximum absolute atomic E-state index is 5.31. The van der Waals surface area contributed by atoms with E-state index in [4.69, 9.17) is 4.42 Å². The van der Waals surface area contributed by atoms with Gasteiger partial charge in [-0.25, -0.2) is 0 Å². The molecule has 1 aliphatic rings. The van der Waals surface area contributed by atoms with Gasteiger partial charge in [0.2, 0.25) is 0 Å². The Labute approximate surface area is 93.5 Å². The van der Waals surface area contributed by atoms with Crippen LogP contribution in [0.4, 0.5) is 0 Å². The molecule has 84 valence electrons. The summed E-state index contributed by atoms with van der Waals surface area (Å²) in [6, 6.07) is 2.21. The Hall–Kier alpha value is -1.62. The molecule has 16 heavy (non-hydrogen) atoms. The van der Waals surface area contributed by atoms with Crippen LogP contribution >= 0.6 is 0 Å². The Kier molecular flexibility index (Phi) is 2.07. The number of hydrogen-bond acceptors (Lipinski definition) is 4. The summed E-state index contributed by atoms with van der Waals surface area (Å²) < 4.78 is 7.48. The molecular formula is C11H14N4O. The first-order valence-corrected chi connectivity index (χ1v) is 5.48. The number of fused-ring (bicyclic) bond motifs is 1. The highest BCUT2D eigenvalue weighted by Gasteiger charge is 2.23. The molecule has 0 radical (unpaired) electrons. The van der Waals surface area contributed by atoms with E-state index in [-0.39, 0.29) is 6.04 Å². The van der Waals surface area contributed by atoms with Gasteiger partial charge in [0.15, 0.2) is 5.82 Å². The molecule has 2 aromatic heterocycles. The lowest BCUT2D eigenvalue weighted by molar-refractivity contribution is 0.438. The third-order valence-corrected chi connectivity index (χ3v) is 3.05. The van der Waals surface area contributed by atoms with Crippen LogP contribution in [0.25, 0.3) is 11.4 Å². The second kappa shape index (κ2) is 3.45. The van der Waals surface area contributed by atoms with E-state index < -0.39 is 0 Å². The van der Waals surface area contributed by atoms with Gasteiger partial charge in [-0.05, 0) is 19.9 Å². The fourth-order valence-electron chi connectivity index (χ4n) is 2.16. The number of aromatic nitrogens is 3. The largest absolute Gasteiger partial charge is 0.469 e. The van der Waals surface area contributed by atoms with Crippen molar-refractivity contribution >= 4 is 0 Å². The second-order valence-corrected chi connectivity index (χ2v) is 4.10. The van der Waals surface area contributed by atoms with Gasteiger partial charge in [-0.3, -0.25) is 0 Å². The SMILES string of the molecule is Cc1occc1-c1nnc2n1CCNC2C. The van der Waals surface area contributed by atoms with Crippen molar-refractivity contribution < 1.29 is 4.42 Å². The molecule has 5 nitrogen and oxygen atoms in total. The van der Waals surface area contributed by atoms with Gasteiger partial charge < -0.3 is 14.3 Å². The quantitative estimate of drug-likeness (QED) is 0.788. The molecule has 0 bridgehead atoms. The van der Waals surface area contributed by atoms with Crippen LogP contribution in [0.5, 0.6) is 0 Å². The maximum Gasteiger partial charge on any atom is 0.167 e. The molecule has 1 atom stereocenters. The van der Waals surface area contributed by atoms with Crippen molar-refractivity contribution in [1.82, 2.24) is 20.1 Å². The Morgan fingerprint density at radius 3 is 3.12 bits per heavy atom. The van der Waals surface area contributed by atoms with E-state index in [9.17, 15) is 0 Å². The smallest absolute Gasteiger partial charge is 0.167 e. The van der Waals surface area contributed by atoms with Gasteiger partial charge in [-0.2, -0.15) is 0 Å². The van der Waals surface area contributed by atoms with Gasteiger partial charge in [0, 0.05) is 13.1 Å². The molecule has 0 aromatic carbocycles. The van der Waals surface area contributed by atoms with Crippen molar-refractivity contribution in [2.24, 2.45) is 0 Å². The van der Waals surface area contributed by atoms with Crippen molar-refractivity contribution in [3.05, 3.63) is 23.9 Å². The number of rotatable bonds is 1. The van der Waals surface area contributed by atoms with E-state index in [2.05, 4.69) is 27.0 Å². The topological polar surface area (TPSA) is 55.9 Å². The van der Waals surface area contributed by atoms with Crippen LogP contribution in [-0.2, 0) is 6.54 Å². The maximum atomic E-state index is 5.31. The highest BCUT2D eigenvalue weighted by atomic mass is 16.3. The van der Waals surface area contributed by atoms with Crippen LogP contribution in [0, 0.1) is 6.92 Å². The highest BCUT2D eigenvalue weighted by Crippen LogP contribution is 2.26. The number of aryl methyl sites for hydroxylation is 1. The summed E-state index contributed by atoms with van der Waals surface area (Å²) in [5, 5.41) is 11.9. The van der Waals surface area contributed by atoms with Gasteiger partial charge in [0.25, 0.3) is 0 Å². The summed E-state index contributed by atoms with van der Waals surface area (Å²) in [4.78, 5) is 0. The van der Waals surface area contributed by atoms with Crippen molar-refractivity contribution in [2.75, 3.05) is 6.54 Å². The Bertz CT molecular complexity index is 514. The molecular weight excluding hydrogens is 204 g/mol. The molecule has 1 N–H and O–H groups in total. The monoisotopic (exact) mass is 218 g/mol. The van der Waals surface area contributed by atoms with Crippen molar-refractivity contribution in [3.63, 3.8) is 0 Å². The van der Waals surface area contributed by atoms with Crippen LogP contribution in [0.15, 0.2) is 16.7 Å². The van der Waals surface area contributed by atoms with E-state index in [1.165, 1.54) is 0 Å². The molecule has 0 spiro atoms. The minimum atomic E-state index is 0.266. The second-order valence-electron chi connectivity index (χ2n) is 4.10. The molecule has 5 heteroatoms. The zero-order chi connectivity index (χ0) is 11.1. The van der Waals surface area contributed by atoms with Gasteiger partial charge in [0.1, 0.15) is 11.6 Å². The van der Waals surface area contributed by atoms with Gasteiger partial charge >= 0.3 is 0 Å². The van der Waals surface area contributed by atoms with Crippen molar-refractivity contribution in [2.45, 2.75) is 26.4 Å². The van der Waals surface area contributed by atoms with E-state index in [0.717, 1.165) is 36.1 Å². The van der Waals surface area contributed by atoms with Crippen LogP contribution < -0.4 is 5.32 Å². The van der Waals surface area contributed by atoms with Crippen LogP contribution in [0.2, 0.25) is 0 Å². The third-order valence-electron chi connectivity index (χ3n) is 3.05. The van der Waals surface area contributed by atoms with Crippen molar-refractivity contribution in [3.8, 4) is 11.4 Å². The minimum Gasteiger partial charge on any atom is -0.469 e. The Morgan fingerprint density at radius 2 is 2.38 bits per heavy atom. The van der Waals surface area contributed by atoms with Gasteiger partial charge in [-0.15, -0.1) is 10.2 Å². The molecule has 3 rings (SSSR count). The Balaban J connectivity index is 2.13. The first-order valence-electron chi connectivity index (χ1n) is 5.48. The molecule has 1 aliphatic heterocycles. The lowest BCUT2D eigenvalue weighted by Gasteiger charge is -2.21. The van der Waals surface area contributed by atoms with Crippen LogP contribution in [-0.4, -0.2) is 21.3 Å². The first kappa shape index (κ1) is 9.59. The first-order chi connectivity index (χ1) is 7.77. The van der Waals surface area contributed by atoms with Crippen LogP contribution in [0.1, 0.15) is 24.6 Å². The summed E-state index contributed by atoms with van der Waals surface area (Å²) in [7, 11) is 0. The zero-order valence-electron chi connectivity index (χ0n) is 9.40. The number of nitrogens with zero attached hydrogens (tertiary/aromatic N) is 3. The fourth-order valence-corrected chi connectivity index (χ4v) is 2.16. The number of furan rings is 1. The summed E-state index contributed by atoms with van der Waals surface area (Å²) in [5.74, 6) is 2.80. The predicted molar refractivity (Wildman–Crippen MR) is 58.9 cm³/mol. The summed E-state index contributed by atoms with van der Waals surface area (Å²) in [6.45, 7) is 5.91. The lowest BCUT2D eigenvalue weighted by Crippen LogP contribution is -2.32. The molecule has 1 unspecified atom stereocenters. The summed E-state index contributed by atoms with van der Waals surface area (Å²) >= 11 is 0. The number of hydrogen-bond donors (Lipinski definition) is 1. The van der Waals surface area contributed by atoms with E-state index in [0.29, 0.717) is 0 Å². The van der Waals surface area contributed by atoms with Crippen molar-refractivity contribution in [1.29, 1.82) is 0 Å². The number of nitrogens with one attached hydrogen (secondary N) is 1. The fraction of sp³-hybridized carbons (Fsp3) is 0.455. The summed E-state index contributed by atoms with van der Waals surface area (Å²) in [6.07, 6.45) is 1.69. The standard InChI is InChI=1S/C11H14N4O/c1-7-10-13-14-11(15(10)5-4-12-7)9-3-6-16-8(9)2/h3,6-7,12H,4-5H2,1-2H3. The average molecular weight is 218 g/mol. The molecule has 0 amide bonds. The van der Waals surface area contributed by atoms with E-state index in [1.807, 2.05) is 13.0 Å². The lowest BCUT2D eigenvalue weighted by atomic mass is 10.2. The van der Waals surface area contributed by atoms with Crippen LogP contribution in [0.3, 0.4) is 0 Å². The third kappa shape index (κ3) is 1.28. The van der Waals surface area contributed by atoms with E-state index >= 15 is 0 Å². The Morgan fingerprint density at radius 1 is 1.50 bits per heavy atom. The molecule has 2 aromatic rings. The normalized spacial score (nSPS) is 19.8. The predicted octanol–water partition coefficient (Wildman–Crippen LogP) is 1.51. The zero-order valence-corrected chi connectivity index (χ0v) is 9.40.